The summed E-state index contributed by atoms with van der Waals surface area (Å²) in [5.41, 5.74) is 15.7. The number of nitrogens with zero attached hydrogens (tertiary/aromatic N) is 3. The van der Waals surface area contributed by atoms with E-state index in [2.05, 4.69) is 272 Å². The second kappa shape index (κ2) is 30.8. The number of fused-ring (bicyclic) bond motifs is 3. The number of para-hydroxylation sites is 1. The Bertz CT molecular complexity index is 2600. The minimum Gasteiger partial charge on any atom is -0.367 e. The van der Waals surface area contributed by atoms with Crippen LogP contribution in [-0.2, 0) is 5.41 Å². The Hall–Kier alpha value is -7.41. The van der Waals surface area contributed by atoms with Crippen LogP contribution in [0.1, 0.15) is 96.9 Å². The molecule has 0 heterocycles. The average molecular weight is 912 g/mol. The van der Waals surface area contributed by atoms with Gasteiger partial charge in [0.1, 0.15) is 0 Å². The largest absolute Gasteiger partial charge is 0.367 e. The van der Waals surface area contributed by atoms with Gasteiger partial charge in [0.05, 0.1) is 5.70 Å². The lowest BCUT2D eigenvalue weighted by Crippen LogP contribution is -2.24. The first-order valence-corrected chi connectivity index (χ1v) is 24.3. The van der Waals surface area contributed by atoms with Gasteiger partial charge in [-0.2, -0.15) is 0 Å². The molecule has 3 heteroatoms. The number of likely N-dealkylation sites (N-methyl/N-ethyl adjacent to an activating group) is 1. The molecule has 69 heavy (non-hydrogen) atoms. The second-order valence-electron chi connectivity index (χ2n) is 16.8. The van der Waals surface area contributed by atoms with Crippen molar-refractivity contribution in [3.8, 4) is 24.0 Å². The summed E-state index contributed by atoms with van der Waals surface area (Å²) in [6, 6.07) is 45.4. The van der Waals surface area contributed by atoms with Crippen LogP contribution in [-0.4, -0.2) is 26.9 Å². The Morgan fingerprint density at radius 3 is 1.86 bits per heavy atom. The lowest BCUT2D eigenvalue weighted by atomic mass is 9.82. The number of allylic oxidation sites excluding steroid dienone is 14. The fourth-order valence-corrected chi connectivity index (χ4v) is 8.03. The summed E-state index contributed by atoms with van der Waals surface area (Å²) in [5.74, 6) is 0. The molecule has 0 radical (unpaired) electrons. The van der Waals surface area contributed by atoms with Crippen LogP contribution in [0.4, 0.5) is 17.1 Å². The van der Waals surface area contributed by atoms with Crippen molar-refractivity contribution in [2.75, 3.05) is 29.9 Å². The highest BCUT2D eigenvalue weighted by molar-refractivity contribution is 5.84. The van der Waals surface area contributed by atoms with E-state index in [1.807, 2.05) is 38.1 Å². The van der Waals surface area contributed by atoms with E-state index >= 15 is 0 Å². The van der Waals surface area contributed by atoms with Gasteiger partial charge in [-0.1, -0.05) is 199 Å². The molecule has 0 bridgehead atoms. The minimum atomic E-state index is -0.0290. The standard InChI is InChI=1S/C43H45N3.C12H14.C9H16.C2H2/c1-8-16-34(29-32(21-24-35(9-2)44-6)31-46(10-3)37-17-12-11-13-18-37)33-22-25-36(26-23-33)45(7)38-27-28-40-39-19-14-15-20-41(39)43(4,5)42(40)30-38;1-3-8-11(4-2)12-9-6-5-7-10-12;1-3-5-7-9-8-6-4-2;1-2/h8-9,11-30H,1,6,10,31H2,2-5,7H3;3-10H,1-2H3;5,7-9H,3-4,6H2,1-2H3;1-2H/b24-21-,32-29-,34-16+,35-9+;8-3-,11-4+;7-5-,9-8-;. The van der Waals surface area contributed by atoms with Crippen LogP contribution < -0.4 is 9.80 Å². The smallest absolute Gasteiger partial charge is 0.0579 e. The molecule has 6 rings (SSSR count). The van der Waals surface area contributed by atoms with Gasteiger partial charge in [0.25, 0.3) is 0 Å². The quantitative estimate of drug-likeness (QED) is 0.0496. The molecule has 0 saturated heterocycles. The van der Waals surface area contributed by atoms with Crippen molar-refractivity contribution in [1.29, 1.82) is 0 Å². The maximum absolute atomic E-state index is 4.15. The first-order valence-electron chi connectivity index (χ1n) is 24.3. The summed E-state index contributed by atoms with van der Waals surface area (Å²) in [7, 11) is 2.14. The van der Waals surface area contributed by atoms with Gasteiger partial charge in [-0.25, -0.2) is 0 Å². The lowest BCUT2D eigenvalue weighted by Gasteiger charge is -2.25. The Kier molecular flexibility index (Phi) is 25.0. The summed E-state index contributed by atoms with van der Waals surface area (Å²) < 4.78 is 0. The highest BCUT2D eigenvalue weighted by Crippen LogP contribution is 2.49. The van der Waals surface area contributed by atoms with Crippen molar-refractivity contribution in [1.82, 2.24) is 0 Å². The maximum Gasteiger partial charge on any atom is 0.0579 e. The molecule has 0 atom stereocenters. The van der Waals surface area contributed by atoms with Crippen molar-refractivity contribution in [2.45, 2.75) is 80.1 Å². The van der Waals surface area contributed by atoms with Crippen LogP contribution in [0.2, 0.25) is 0 Å². The summed E-state index contributed by atoms with van der Waals surface area (Å²) in [5, 5.41) is 0. The van der Waals surface area contributed by atoms with E-state index in [1.165, 1.54) is 57.6 Å². The Morgan fingerprint density at radius 1 is 0.652 bits per heavy atom. The number of anilines is 3. The number of hydrogen-bond donors (Lipinski definition) is 0. The molecule has 5 aromatic rings. The minimum absolute atomic E-state index is 0.0290. The fraction of sp³-hybridized carbons (Fsp3) is 0.227. The molecule has 0 fully saturated rings. The molecule has 0 amide bonds. The molecule has 0 saturated carbocycles. The van der Waals surface area contributed by atoms with Crippen molar-refractivity contribution in [3.63, 3.8) is 0 Å². The Balaban J connectivity index is 0.000000450. The molecular weight excluding hydrogens is 835 g/mol. The zero-order chi connectivity index (χ0) is 50.4. The number of hydrogen-bond acceptors (Lipinski definition) is 3. The molecule has 1 aliphatic carbocycles. The molecule has 356 valence electrons. The van der Waals surface area contributed by atoms with Crippen LogP contribution in [0.25, 0.3) is 22.3 Å². The SMILES string of the molecule is C#C.C/C=C\C(=C/C)c1ccccc1.C=C\C=C(/C=C(/C=C\C(=C/C)N=C)CN(CC)c1ccccc1)c1ccc(N(C)c2ccc3c(c2)C(C)(C)c2ccccc2-3)cc1.CC/C=C\C=C/CCC. The van der Waals surface area contributed by atoms with Gasteiger partial charge in [0.15, 0.2) is 0 Å². The normalized spacial score (nSPS) is 13.1. The van der Waals surface area contributed by atoms with Gasteiger partial charge in [0, 0.05) is 42.6 Å². The molecule has 0 unspecified atom stereocenters. The molecule has 1 aliphatic rings. The average Bonchev–Trinajstić information content (AvgIpc) is 3.63. The zero-order valence-electron chi connectivity index (χ0n) is 43.1. The van der Waals surface area contributed by atoms with Crippen LogP contribution in [0.3, 0.4) is 0 Å². The molecule has 0 aliphatic heterocycles. The van der Waals surface area contributed by atoms with Gasteiger partial charge in [-0.3, -0.25) is 4.99 Å². The van der Waals surface area contributed by atoms with E-state index in [4.69, 9.17) is 0 Å². The molecule has 0 aromatic heterocycles. The van der Waals surface area contributed by atoms with Crippen molar-refractivity contribution >= 4 is 34.9 Å². The second-order valence-corrected chi connectivity index (χ2v) is 16.8. The summed E-state index contributed by atoms with van der Waals surface area (Å²) in [4.78, 5) is 8.78. The molecular formula is C66H77N3. The van der Waals surface area contributed by atoms with E-state index in [1.54, 1.807) is 0 Å². The first kappa shape index (κ1) is 55.9. The zero-order valence-corrected chi connectivity index (χ0v) is 43.1. The van der Waals surface area contributed by atoms with E-state index in [0.717, 1.165) is 47.6 Å². The number of unbranched alkanes of at least 4 members (excludes halogenated alkanes) is 1. The summed E-state index contributed by atoms with van der Waals surface area (Å²) in [6.07, 6.45) is 38.8. The van der Waals surface area contributed by atoms with E-state index in [-0.39, 0.29) is 5.41 Å². The third kappa shape index (κ3) is 16.7. The number of aliphatic imine (C=N–C) groups is 1. The summed E-state index contributed by atoms with van der Waals surface area (Å²) in [6.45, 7) is 26.6. The molecule has 3 nitrogen and oxygen atoms in total. The molecule has 5 aromatic carbocycles. The van der Waals surface area contributed by atoms with Crippen molar-refractivity contribution < 1.29 is 0 Å². The van der Waals surface area contributed by atoms with E-state index in [9.17, 15) is 0 Å². The van der Waals surface area contributed by atoms with Crippen LogP contribution in [0.5, 0.6) is 0 Å². The van der Waals surface area contributed by atoms with Gasteiger partial charge in [0.2, 0.25) is 0 Å². The molecule has 0 N–H and O–H groups in total. The topological polar surface area (TPSA) is 18.8 Å². The number of benzene rings is 5. The third-order valence-electron chi connectivity index (χ3n) is 11.8. The third-order valence-corrected chi connectivity index (χ3v) is 11.8. The van der Waals surface area contributed by atoms with Gasteiger partial charge < -0.3 is 9.80 Å². The Morgan fingerprint density at radius 2 is 1.26 bits per heavy atom. The van der Waals surface area contributed by atoms with Crippen molar-refractivity contribution in [3.05, 3.63) is 246 Å². The van der Waals surface area contributed by atoms with Gasteiger partial charge in [-0.15, -0.1) is 12.8 Å². The number of terminal acetylenes is 1. The van der Waals surface area contributed by atoms with Crippen LogP contribution in [0, 0.1) is 12.8 Å². The van der Waals surface area contributed by atoms with Crippen LogP contribution >= 0.6 is 0 Å². The molecule has 0 spiro atoms. The maximum atomic E-state index is 4.15. The number of rotatable bonds is 18. The monoisotopic (exact) mass is 912 g/mol. The lowest BCUT2D eigenvalue weighted by molar-refractivity contribution is 0.660. The predicted octanol–water partition coefficient (Wildman–Crippen LogP) is 18.2. The Labute approximate surface area is 418 Å². The summed E-state index contributed by atoms with van der Waals surface area (Å²) >= 11 is 0. The predicted molar refractivity (Wildman–Crippen MR) is 310 cm³/mol. The van der Waals surface area contributed by atoms with Crippen molar-refractivity contribution in [2.24, 2.45) is 4.99 Å². The fourth-order valence-electron chi connectivity index (χ4n) is 8.03. The van der Waals surface area contributed by atoms with E-state index in [0.29, 0.717) is 0 Å². The van der Waals surface area contributed by atoms with Gasteiger partial charge in [-0.05, 0) is 146 Å². The highest BCUT2D eigenvalue weighted by Gasteiger charge is 2.35. The van der Waals surface area contributed by atoms with Gasteiger partial charge >= 0.3 is 0 Å². The van der Waals surface area contributed by atoms with E-state index < -0.39 is 0 Å². The first-order chi connectivity index (χ1) is 33.6. The van der Waals surface area contributed by atoms with Crippen LogP contribution in [0.15, 0.2) is 229 Å². The highest BCUT2D eigenvalue weighted by atomic mass is 15.1.